The van der Waals surface area contributed by atoms with Gasteiger partial charge in [0.05, 0.1) is 12.0 Å². The Kier molecular flexibility index (Phi) is 1.92. The van der Waals surface area contributed by atoms with Gasteiger partial charge in [0.2, 0.25) is 0 Å². The molecule has 19 heavy (non-hydrogen) atoms. The zero-order chi connectivity index (χ0) is 13.6. The van der Waals surface area contributed by atoms with Crippen molar-refractivity contribution < 1.29 is 19.4 Å². The van der Waals surface area contributed by atoms with Crippen molar-refractivity contribution in [1.82, 2.24) is 0 Å². The number of aliphatic hydroxyl groups is 1. The van der Waals surface area contributed by atoms with Crippen molar-refractivity contribution in [2.24, 2.45) is 17.3 Å². The number of hydrogen-bond donors (Lipinski definition) is 1. The van der Waals surface area contributed by atoms with Crippen LogP contribution >= 0.6 is 0 Å². The van der Waals surface area contributed by atoms with Crippen molar-refractivity contribution in [1.29, 1.82) is 0 Å². The number of allylic oxidation sites excluding steroid dienone is 1. The van der Waals surface area contributed by atoms with E-state index in [1.807, 2.05) is 6.92 Å². The lowest BCUT2D eigenvalue weighted by atomic mass is 9.55. The summed E-state index contributed by atoms with van der Waals surface area (Å²) < 4.78 is 11.3. The van der Waals surface area contributed by atoms with Gasteiger partial charge in [-0.2, -0.15) is 0 Å². The molecule has 4 nitrogen and oxygen atoms in total. The van der Waals surface area contributed by atoms with Gasteiger partial charge in [-0.25, -0.2) is 0 Å². The first-order valence-electron chi connectivity index (χ1n) is 7.19. The van der Waals surface area contributed by atoms with Gasteiger partial charge in [0.15, 0.2) is 5.60 Å². The van der Waals surface area contributed by atoms with E-state index in [1.165, 1.54) is 5.57 Å². The summed E-state index contributed by atoms with van der Waals surface area (Å²) in [6.45, 7) is 6.11. The Morgan fingerprint density at radius 2 is 2.16 bits per heavy atom. The highest BCUT2D eigenvalue weighted by Gasteiger charge is 2.89. The van der Waals surface area contributed by atoms with E-state index in [-0.39, 0.29) is 17.3 Å². The lowest BCUT2D eigenvalue weighted by Crippen LogP contribution is -2.57. The van der Waals surface area contributed by atoms with Crippen LogP contribution in [0.1, 0.15) is 40.0 Å². The molecule has 0 aromatic carbocycles. The van der Waals surface area contributed by atoms with Crippen molar-refractivity contribution in [2.75, 3.05) is 0 Å². The molecule has 2 saturated heterocycles. The summed E-state index contributed by atoms with van der Waals surface area (Å²) in [4.78, 5) is 11.9. The van der Waals surface area contributed by atoms with Crippen LogP contribution in [-0.2, 0) is 14.3 Å². The number of esters is 1. The predicted molar refractivity (Wildman–Crippen MR) is 67.0 cm³/mol. The van der Waals surface area contributed by atoms with Crippen LogP contribution in [0.15, 0.2) is 11.6 Å². The third kappa shape index (κ3) is 1.02. The number of rotatable bonds is 0. The molecule has 0 unspecified atom stereocenters. The predicted octanol–water partition coefficient (Wildman–Crippen LogP) is 1.77. The van der Waals surface area contributed by atoms with Gasteiger partial charge in [-0.3, -0.25) is 4.79 Å². The summed E-state index contributed by atoms with van der Waals surface area (Å²) in [6.07, 6.45) is 4.27. The standard InChI is InChI=1S/C15H20O4/c1-8-5-4-6-10-7-14-15(19-14,9(2)11(16)18-14)12(17)13(8,10)3/h6,8-9,12,17H,4-5,7H2,1-3H3/t8-,9-,12-,13+,14+,15-/m0/s1. The summed E-state index contributed by atoms with van der Waals surface area (Å²) in [6, 6.07) is 0. The quantitative estimate of drug-likeness (QED) is 0.411. The normalized spacial score (nSPS) is 58.6. The minimum absolute atomic E-state index is 0.235. The lowest BCUT2D eigenvalue weighted by molar-refractivity contribution is -0.160. The van der Waals surface area contributed by atoms with Gasteiger partial charge in [-0.15, -0.1) is 0 Å². The SMILES string of the molecule is C[C@H]1CCC=C2C[C@]34OC(=O)[C@H](C)[C@]3(O4)[C@@H](O)[C@@]21C. The summed E-state index contributed by atoms with van der Waals surface area (Å²) in [7, 11) is 0. The molecule has 6 atom stereocenters. The first kappa shape index (κ1) is 11.9. The summed E-state index contributed by atoms with van der Waals surface area (Å²) in [5.74, 6) is -1.09. The molecule has 104 valence electrons. The maximum atomic E-state index is 11.9. The van der Waals surface area contributed by atoms with E-state index in [4.69, 9.17) is 9.47 Å². The molecule has 1 saturated carbocycles. The van der Waals surface area contributed by atoms with Crippen molar-refractivity contribution in [3.63, 3.8) is 0 Å². The van der Waals surface area contributed by atoms with Crippen LogP contribution in [0, 0.1) is 17.3 Å². The Balaban J connectivity index is 1.86. The third-order valence-corrected chi connectivity index (χ3v) is 6.25. The molecular weight excluding hydrogens is 244 g/mol. The molecule has 3 fully saturated rings. The van der Waals surface area contributed by atoms with E-state index in [0.29, 0.717) is 12.3 Å². The number of epoxide rings is 1. The molecule has 0 spiro atoms. The molecule has 0 aromatic heterocycles. The monoisotopic (exact) mass is 264 g/mol. The smallest absolute Gasteiger partial charge is 0.314 e. The first-order chi connectivity index (χ1) is 8.88. The topological polar surface area (TPSA) is 59.1 Å². The molecule has 0 bridgehead atoms. The molecule has 4 rings (SSSR count). The molecule has 4 aliphatic rings. The summed E-state index contributed by atoms with van der Waals surface area (Å²) in [5, 5.41) is 11.0. The third-order valence-electron chi connectivity index (χ3n) is 6.25. The highest BCUT2D eigenvalue weighted by atomic mass is 16.8. The minimum Gasteiger partial charge on any atom is -0.429 e. The second-order valence-electron chi connectivity index (χ2n) is 6.86. The number of hydrogen-bond acceptors (Lipinski definition) is 4. The van der Waals surface area contributed by atoms with Gasteiger partial charge in [0.1, 0.15) is 0 Å². The molecule has 0 aromatic rings. The van der Waals surface area contributed by atoms with E-state index in [9.17, 15) is 9.90 Å². The van der Waals surface area contributed by atoms with Crippen LogP contribution in [0.4, 0.5) is 0 Å². The van der Waals surface area contributed by atoms with Crippen LogP contribution < -0.4 is 0 Å². The molecular formula is C15H20O4. The highest BCUT2D eigenvalue weighted by molar-refractivity contribution is 5.80. The lowest BCUT2D eigenvalue weighted by Gasteiger charge is -2.49. The van der Waals surface area contributed by atoms with Crippen molar-refractivity contribution in [3.8, 4) is 0 Å². The number of ether oxygens (including phenoxy) is 2. The number of fused-ring (bicyclic) bond motifs is 1. The average Bonchev–Trinajstić information content (AvgIpc) is 2.96. The van der Waals surface area contributed by atoms with Crippen LogP contribution in [0.2, 0.25) is 0 Å². The molecule has 2 heterocycles. The van der Waals surface area contributed by atoms with Crippen LogP contribution in [0.25, 0.3) is 0 Å². The number of carbonyl (C=O) groups excluding carboxylic acids is 1. The van der Waals surface area contributed by atoms with E-state index < -0.39 is 17.5 Å². The molecule has 0 amide bonds. The average molecular weight is 264 g/mol. The Bertz CT molecular complexity index is 512. The van der Waals surface area contributed by atoms with E-state index in [1.54, 1.807) is 0 Å². The Morgan fingerprint density at radius 3 is 2.89 bits per heavy atom. The maximum absolute atomic E-state index is 11.9. The molecule has 1 N–H and O–H groups in total. The van der Waals surface area contributed by atoms with Crippen molar-refractivity contribution >= 4 is 5.97 Å². The summed E-state index contributed by atoms with van der Waals surface area (Å²) >= 11 is 0. The molecule has 2 aliphatic heterocycles. The maximum Gasteiger partial charge on any atom is 0.314 e. The fourth-order valence-corrected chi connectivity index (χ4v) is 4.65. The fourth-order valence-electron chi connectivity index (χ4n) is 4.65. The largest absolute Gasteiger partial charge is 0.429 e. The summed E-state index contributed by atoms with van der Waals surface area (Å²) in [5.41, 5.74) is 0.108. The van der Waals surface area contributed by atoms with Crippen molar-refractivity contribution in [2.45, 2.75) is 57.5 Å². The second-order valence-corrected chi connectivity index (χ2v) is 6.86. The van der Waals surface area contributed by atoms with Gasteiger partial charge in [-0.1, -0.05) is 25.5 Å². The van der Waals surface area contributed by atoms with Gasteiger partial charge < -0.3 is 14.6 Å². The van der Waals surface area contributed by atoms with Gasteiger partial charge in [0, 0.05) is 11.8 Å². The fraction of sp³-hybridized carbons (Fsp3) is 0.800. The minimum atomic E-state index is -0.870. The zero-order valence-corrected chi connectivity index (χ0v) is 11.6. The van der Waals surface area contributed by atoms with Crippen LogP contribution in [0.3, 0.4) is 0 Å². The van der Waals surface area contributed by atoms with E-state index in [0.717, 1.165) is 12.8 Å². The second kappa shape index (κ2) is 3.07. The van der Waals surface area contributed by atoms with Crippen LogP contribution in [0.5, 0.6) is 0 Å². The Labute approximate surface area is 112 Å². The van der Waals surface area contributed by atoms with Gasteiger partial charge >= 0.3 is 5.97 Å². The molecule has 2 aliphatic carbocycles. The number of carbonyl (C=O) groups is 1. The van der Waals surface area contributed by atoms with Gasteiger partial charge in [-0.05, 0) is 25.7 Å². The first-order valence-corrected chi connectivity index (χ1v) is 7.19. The molecule has 0 radical (unpaired) electrons. The van der Waals surface area contributed by atoms with Gasteiger partial charge in [0.25, 0.3) is 5.79 Å². The zero-order valence-electron chi connectivity index (χ0n) is 11.6. The van der Waals surface area contributed by atoms with Crippen LogP contribution in [-0.4, -0.2) is 28.6 Å². The highest BCUT2D eigenvalue weighted by Crippen LogP contribution is 2.72. The van der Waals surface area contributed by atoms with E-state index >= 15 is 0 Å². The Hall–Kier alpha value is -0.870. The Morgan fingerprint density at radius 1 is 1.42 bits per heavy atom. The molecule has 4 heteroatoms. The van der Waals surface area contributed by atoms with E-state index in [2.05, 4.69) is 19.9 Å². The number of aliphatic hydroxyl groups excluding tert-OH is 1. The van der Waals surface area contributed by atoms with Crippen molar-refractivity contribution in [3.05, 3.63) is 11.6 Å².